The molecule has 2 atom stereocenters. The normalized spacial score (nSPS) is 14.5. The molecule has 0 spiro atoms. The number of carbonyl (C=O) groups excluding carboxylic acids is 1. The van der Waals surface area contributed by atoms with Gasteiger partial charge in [-0.25, -0.2) is 0 Å². The molecule has 3 N–H and O–H groups in total. The molecule has 214 valence electrons. The fraction of sp³-hybridized carbons (Fsp3) is 0.559. The van der Waals surface area contributed by atoms with Crippen LogP contribution in [0.5, 0.6) is 0 Å². The highest BCUT2D eigenvalue weighted by molar-refractivity contribution is 5.76. The maximum atomic E-state index is 12.2. The van der Waals surface area contributed by atoms with E-state index in [9.17, 15) is 15.0 Å². The van der Waals surface area contributed by atoms with Crippen molar-refractivity contribution >= 4 is 5.91 Å². The summed E-state index contributed by atoms with van der Waals surface area (Å²) < 4.78 is 0. The monoisotopic (exact) mass is 525 g/mol. The van der Waals surface area contributed by atoms with Crippen LogP contribution in [0.1, 0.15) is 104 Å². The predicted octanol–water partition coefficient (Wildman–Crippen LogP) is 8.22. The maximum absolute atomic E-state index is 12.2. The average molecular weight is 526 g/mol. The second-order valence-electron chi connectivity index (χ2n) is 9.42. The fourth-order valence-electron chi connectivity index (χ4n) is 3.58. The lowest BCUT2D eigenvalue weighted by Crippen LogP contribution is -2.45. The number of nitrogens with one attached hydrogen (secondary N) is 1. The lowest BCUT2D eigenvalue weighted by molar-refractivity contribution is -0.123. The zero-order valence-electron chi connectivity index (χ0n) is 24.1. The van der Waals surface area contributed by atoms with E-state index in [-0.39, 0.29) is 12.5 Å². The van der Waals surface area contributed by atoms with Crippen LogP contribution in [0, 0.1) is 0 Å². The Morgan fingerprint density at radius 1 is 0.658 bits per heavy atom. The quantitative estimate of drug-likeness (QED) is 0.0878. The Morgan fingerprint density at radius 2 is 1.18 bits per heavy atom. The summed E-state index contributed by atoms with van der Waals surface area (Å²) in [6.07, 6.45) is 42.4. The Kier molecular flexibility index (Phi) is 27.3. The van der Waals surface area contributed by atoms with Gasteiger partial charge in [-0.1, -0.05) is 112 Å². The van der Waals surface area contributed by atoms with Crippen LogP contribution in [0.15, 0.2) is 85.1 Å². The van der Waals surface area contributed by atoms with Crippen LogP contribution in [0.25, 0.3) is 0 Å². The number of aliphatic hydroxyl groups excluding tert-OH is 2. The number of unbranched alkanes of at least 4 members (excludes halogenated alkanes) is 5. The second kappa shape index (κ2) is 29.1. The molecule has 0 aliphatic rings. The van der Waals surface area contributed by atoms with Crippen LogP contribution >= 0.6 is 0 Å². The van der Waals surface area contributed by atoms with E-state index in [1.165, 1.54) is 0 Å². The molecule has 0 radical (unpaired) electrons. The third-order valence-electron chi connectivity index (χ3n) is 5.84. The highest BCUT2D eigenvalue weighted by Crippen LogP contribution is 2.06. The summed E-state index contributed by atoms with van der Waals surface area (Å²) in [5, 5.41) is 22.5. The van der Waals surface area contributed by atoms with Crippen molar-refractivity contribution in [2.75, 3.05) is 6.61 Å². The molecule has 38 heavy (non-hydrogen) atoms. The molecule has 0 aromatic rings. The summed E-state index contributed by atoms with van der Waals surface area (Å²) >= 11 is 0. The van der Waals surface area contributed by atoms with Crippen molar-refractivity contribution < 1.29 is 15.0 Å². The third kappa shape index (κ3) is 25.2. The molecule has 0 saturated heterocycles. The Hall–Kier alpha value is -2.43. The van der Waals surface area contributed by atoms with Crippen molar-refractivity contribution in [2.45, 2.75) is 116 Å². The van der Waals surface area contributed by atoms with Crippen LogP contribution in [0.3, 0.4) is 0 Å². The van der Waals surface area contributed by atoms with Crippen molar-refractivity contribution in [1.29, 1.82) is 0 Å². The van der Waals surface area contributed by atoms with E-state index in [0.717, 1.165) is 83.5 Å². The van der Waals surface area contributed by atoms with Gasteiger partial charge in [-0.05, 0) is 70.6 Å². The first-order chi connectivity index (χ1) is 18.7. The van der Waals surface area contributed by atoms with Crippen molar-refractivity contribution in [3.05, 3.63) is 85.1 Å². The minimum Gasteiger partial charge on any atom is -0.394 e. The summed E-state index contributed by atoms with van der Waals surface area (Å²) in [7, 11) is 0. The van der Waals surface area contributed by atoms with E-state index in [4.69, 9.17) is 0 Å². The summed E-state index contributed by atoms with van der Waals surface area (Å²) in [5.41, 5.74) is 0. The largest absolute Gasteiger partial charge is 0.394 e. The molecule has 0 saturated carbocycles. The molecular weight excluding hydrogens is 470 g/mol. The molecular formula is C34H55NO3. The molecule has 1 amide bonds. The van der Waals surface area contributed by atoms with Gasteiger partial charge >= 0.3 is 0 Å². The van der Waals surface area contributed by atoms with E-state index >= 15 is 0 Å². The molecule has 2 unspecified atom stereocenters. The minimum atomic E-state index is -0.876. The van der Waals surface area contributed by atoms with Crippen LogP contribution < -0.4 is 5.32 Å². The Balaban J connectivity index is 3.81. The van der Waals surface area contributed by atoms with E-state index in [1.54, 1.807) is 6.08 Å². The topological polar surface area (TPSA) is 69.6 Å². The van der Waals surface area contributed by atoms with E-state index in [2.05, 4.69) is 92.1 Å². The van der Waals surface area contributed by atoms with Gasteiger partial charge in [-0.2, -0.15) is 0 Å². The van der Waals surface area contributed by atoms with Gasteiger partial charge in [0, 0.05) is 6.42 Å². The zero-order valence-corrected chi connectivity index (χ0v) is 24.1. The average Bonchev–Trinajstić information content (AvgIpc) is 2.92. The first-order valence-corrected chi connectivity index (χ1v) is 14.8. The number of rotatable bonds is 24. The molecule has 0 rings (SSSR count). The molecule has 0 fully saturated rings. The molecule has 0 heterocycles. The molecule has 4 heteroatoms. The summed E-state index contributed by atoms with van der Waals surface area (Å²) in [4.78, 5) is 12.2. The molecule has 0 aromatic carbocycles. The lowest BCUT2D eigenvalue weighted by atomic mass is 10.1. The number of hydrogen-bond acceptors (Lipinski definition) is 3. The summed E-state index contributed by atoms with van der Waals surface area (Å²) in [5.74, 6) is -0.117. The van der Waals surface area contributed by atoms with Gasteiger partial charge in [-0.3, -0.25) is 4.79 Å². The van der Waals surface area contributed by atoms with Crippen molar-refractivity contribution in [1.82, 2.24) is 5.32 Å². The Morgan fingerprint density at radius 3 is 1.76 bits per heavy atom. The number of carbonyl (C=O) groups is 1. The van der Waals surface area contributed by atoms with Gasteiger partial charge in [0.25, 0.3) is 0 Å². The third-order valence-corrected chi connectivity index (χ3v) is 5.84. The van der Waals surface area contributed by atoms with Crippen LogP contribution in [0.2, 0.25) is 0 Å². The maximum Gasteiger partial charge on any atom is 0.220 e. The molecule has 0 aliphatic heterocycles. The van der Waals surface area contributed by atoms with Gasteiger partial charge in [0.2, 0.25) is 5.91 Å². The molecule has 0 aliphatic carbocycles. The van der Waals surface area contributed by atoms with E-state index in [0.29, 0.717) is 6.42 Å². The lowest BCUT2D eigenvalue weighted by Gasteiger charge is -2.19. The number of allylic oxidation sites excluding steroid dienone is 13. The molecule has 0 bridgehead atoms. The number of amides is 1. The van der Waals surface area contributed by atoms with Crippen LogP contribution in [-0.4, -0.2) is 34.9 Å². The Labute approximate surface area is 233 Å². The van der Waals surface area contributed by atoms with Crippen LogP contribution in [0.4, 0.5) is 0 Å². The molecule has 0 aromatic heterocycles. The molecule has 4 nitrogen and oxygen atoms in total. The summed E-state index contributed by atoms with van der Waals surface area (Å²) in [6.45, 7) is 4.02. The van der Waals surface area contributed by atoms with Gasteiger partial charge in [0.05, 0.1) is 18.8 Å². The smallest absolute Gasteiger partial charge is 0.220 e. The standard InChI is InChI=1S/C34H55NO3/c1-3-5-7-9-11-12-13-14-15-16-17-18-19-20-21-22-24-26-28-30-34(38)35-32(31-36)33(37)29-27-25-23-10-8-6-4-2/h5,7-8,10-12,14-15,17-18,20-21,27,29,32-33,36-37H,3-4,6,9,13,16,19,22-26,28,30-31H2,1-2H3,(H,35,38)/b7-5-,10-8+,12-11-,15-14-,18-17-,21-20-,29-27+. The predicted molar refractivity (Wildman–Crippen MR) is 165 cm³/mol. The number of hydrogen-bond donors (Lipinski definition) is 3. The van der Waals surface area contributed by atoms with Crippen molar-refractivity contribution in [3.63, 3.8) is 0 Å². The van der Waals surface area contributed by atoms with Crippen molar-refractivity contribution in [2.24, 2.45) is 0 Å². The van der Waals surface area contributed by atoms with Gasteiger partial charge in [0.15, 0.2) is 0 Å². The second-order valence-corrected chi connectivity index (χ2v) is 9.42. The highest BCUT2D eigenvalue weighted by atomic mass is 16.3. The highest BCUT2D eigenvalue weighted by Gasteiger charge is 2.17. The summed E-state index contributed by atoms with van der Waals surface area (Å²) in [6, 6.07) is -0.657. The first-order valence-electron chi connectivity index (χ1n) is 14.8. The SMILES string of the molecule is CC/C=C\C/C=C\C/C=C\C/C=C\C/C=C\CCCCCC(=O)NC(CO)C(O)/C=C/CC/C=C/CCC. The first kappa shape index (κ1) is 35.6. The zero-order chi connectivity index (χ0) is 27.9. The number of aliphatic hydroxyl groups is 2. The minimum absolute atomic E-state index is 0.117. The van der Waals surface area contributed by atoms with Gasteiger partial charge < -0.3 is 15.5 Å². The van der Waals surface area contributed by atoms with E-state index in [1.807, 2.05) is 6.08 Å². The van der Waals surface area contributed by atoms with E-state index < -0.39 is 12.1 Å². The van der Waals surface area contributed by atoms with Crippen molar-refractivity contribution in [3.8, 4) is 0 Å². The van der Waals surface area contributed by atoms with Gasteiger partial charge in [0.1, 0.15) is 0 Å². The Bertz CT molecular complexity index is 743. The van der Waals surface area contributed by atoms with Crippen LogP contribution in [-0.2, 0) is 4.79 Å². The fourth-order valence-corrected chi connectivity index (χ4v) is 3.58. The van der Waals surface area contributed by atoms with Gasteiger partial charge in [-0.15, -0.1) is 0 Å².